The van der Waals surface area contributed by atoms with Crippen LogP contribution in [0.25, 0.3) is 11.2 Å². The average molecular weight is 583 g/mol. The molecule has 2 aliphatic heterocycles. The van der Waals surface area contributed by atoms with E-state index in [1.54, 1.807) is 24.4 Å². The third kappa shape index (κ3) is 6.05. The molecule has 6 rings (SSSR count). The summed E-state index contributed by atoms with van der Waals surface area (Å²) in [7, 11) is 0. The fourth-order valence-electron chi connectivity index (χ4n) is 5.03. The van der Waals surface area contributed by atoms with Gasteiger partial charge in [-0.3, -0.25) is 4.90 Å². The molecule has 5 heterocycles. The number of likely N-dealkylation sites (tertiary alicyclic amines) is 1. The molecule has 0 radical (unpaired) electrons. The van der Waals surface area contributed by atoms with E-state index in [1.807, 2.05) is 16.7 Å². The van der Waals surface area contributed by atoms with Gasteiger partial charge in [0.25, 0.3) is 0 Å². The molecule has 1 atom stereocenters. The summed E-state index contributed by atoms with van der Waals surface area (Å²) in [5, 5.41) is 10.4. The highest BCUT2D eigenvalue weighted by Gasteiger charge is 2.26. The first-order valence-electron chi connectivity index (χ1n) is 13.3. The van der Waals surface area contributed by atoms with Crippen LogP contribution in [0.4, 0.5) is 0 Å². The number of nitrogens with zero attached hydrogens (tertiary/aromatic N) is 6. The quantitative estimate of drug-likeness (QED) is 0.301. The Morgan fingerprint density at radius 2 is 1.88 bits per heavy atom. The minimum absolute atomic E-state index is 0.0116. The predicted molar refractivity (Wildman–Crippen MR) is 149 cm³/mol. The number of ether oxygens (including phenoxy) is 2. The normalized spacial score (nSPS) is 18.1. The predicted octanol–water partition coefficient (Wildman–Crippen LogP) is 4.65. The van der Waals surface area contributed by atoms with E-state index in [1.165, 1.54) is 6.07 Å². The van der Waals surface area contributed by atoms with Gasteiger partial charge in [-0.2, -0.15) is 4.98 Å². The van der Waals surface area contributed by atoms with Gasteiger partial charge in [0.1, 0.15) is 23.3 Å². The number of halogens is 2. The SMILES string of the molecule is O=C(O)c1ccc2nc(CN3CCC(Oc4ccnc(Cc5ccc(Cl)c(Cl)c5)n4)CC3)n(C[C@@H]3CCO3)c2n1. The van der Waals surface area contributed by atoms with Crippen molar-refractivity contribution in [1.82, 2.24) is 29.4 Å². The molecule has 208 valence electrons. The van der Waals surface area contributed by atoms with Gasteiger partial charge in [0.15, 0.2) is 11.3 Å². The summed E-state index contributed by atoms with van der Waals surface area (Å²) in [6, 6.07) is 10.5. The molecule has 0 unspecified atom stereocenters. The second-order valence-electron chi connectivity index (χ2n) is 10.1. The molecule has 4 aromatic rings. The van der Waals surface area contributed by atoms with Crippen molar-refractivity contribution in [2.24, 2.45) is 0 Å². The van der Waals surface area contributed by atoms with E-state index in [-0.39, 0.29) is 17.9 Å². The van der Waals surface area contributed by atoms with E-state index in [4.69, 9.17) is 37.7 Å². The molecule has 1 aromatic carbocycles. The van der Waals surface area contributed by atoms with Gasteiger partial charge in [0.2, 0.25) is 5.88 Å². The van der Waals surface area contributed by atoms with E-state index in [9.17, 15) is 9.90 Å². The van der Waals surface area contributed by atoms with E-state index >= 15 is 0 Å². The van der Waals surface area contributed by atoms with Gasteiger partial charge in [-0.15, -0.1) is 0 Å². The highest BCUT2D eigenvalue weighted by Crippen LogP contribution is 2.25. The number of fused-ring (bicyclic) bond motifs is 1. The summed E-state index contributed by atoms with van der Waals surface area (Å²) in [5.41, 5.74) is 2.27. The molecular weight excluding hydrogens is 555 g/mol. The lowest BCUT2D eigenvalue weighted by atomic mass is 10.1. The molecule has 0 saturated carbocycles. The van der Waals surface area contributed by atoms with Crippen molar-refractivity contribution in [3.63, 3.8) is 0 Å². The topological polar surface area (TPSA) is 115 Å². The lowest BCUT2D eigenvalue weighted by Crippen LogP contribution is -2.39. The number of carboxylic acids is 1. The van der Waals surface area contributed by atoms with E-state index < -0.39 is 5.97 Å². The average Bonchev–Trinajstić information content (AvgIpc) is 3.25. The zero-order valence-electron chi connectivity index (χ0n) is 21.7. The summed E-state index contributed by atoms with van der Waals surface area (Å²) < 4.78 is 13.9. The molecule has 10 nitrogen and oxygen atoms in total. The van der Waals surface area contributed by atoms with Gasteiger partial charge < -0.3 is 19.1 Å². The first-order valence-corrected chi connectivity index (χ1v) is 14.0. The fourth-order valence-corrected chi connectivity index (χ4v) is 5.35. The maximum atomic E-state index is 11.5. The largest absolute Gasteiger partial charge is 0.477 e. The van der Waals surface area contributed by atoms with Crippen LogP contribution in [0.15, 0.2) is 42.6 Å². The molecule has 0 spiro atoms. The number of pyridine rings is 1. The monoisotopic (exact) mass is 582 g/mol. The van der Waals surface area contributed by atoms with E-state index in [2.05, 4.69) is 19.9 Å². The second kappa shape index (κ2) is 11.7. The molecule has 0 bridgehead atoms. The van der Waals surface area contributed by atoms with Crippen LogP contribution in [-0.4, -0.2) is 72.4 Å². The summed E-state index contributed by atoms with van der Waals surface area (Å²) >= 11 is 12.2. The Hall–Kier alpha value is -3.31. The number of aromatic nitrogens is 5. The Morgan fingerprint density at radius 1 is 1.05 bits per heavy atom. The van der Waals surface area contributed by atoms with Gasteiger partial charge in [-0.25, -0.2) is 19.7 Å². The fraction of sp³-hybridized carbons (Fsp3) is 0.393. The van der Waals surface area contributed by atoms with Gasteiger partial charge in [-0.05, 0) is 49.1 Å². The minimum atomic E-state index is -1.05. The van der Waals surface area contributed by atoms with Gasteiger partial charge in [0, 0.05) is 38.4 Å². The molecule has 0 amide bonds. The first-order chi connectivity index (χ1) is 19.4. The third-order valence-corrected chi connectivity index (χ3v) is 8.02. The highest BCUT2D eigenvalue weighted by molar-refractivity contribution is 6.42. The summed E-state index contributed by atoms with van der Waals surface area (Å²) in [6.07, 6.45) is 5.05. The Balaban J connectivity index is 1.09. The maximum absolute atomic E-state index is 11.5. The zero-order valence-corrected chi connectivity index (χ0v) is 23.2. The number of benzene rings is 1. The van der Waals surface area contributed by atoms with Crippen LogP contribution in [0.2, 0.25) is 10.0 Å². The standard InChI is InChI=1S/C28H28Cl2N6O4/c29-20-2-1-17(13-21(20)30)14-24-31-9-5-26(34-24)40-18-6-10-35(11-7-18)16-25-32-22-3-4-23(28(37)38)33-27(22)36(25)15-19-8-12-39-19/h1-5,9,13,18-19H,6-8,10-12,14-16H2,(H,37,38)/t19-/m0/s1. The summed E-state index contributed by atoms with van der Waals surface area (Å²) in [6.45, 7) is 3.67. The van der Waals surface area contributed by atoms with Crippen molar-refractivity contribution >= 4 is 40.3 Å². The molecule has 2 aliphatic rings. The van der Waals surface area contributed by atoms with Crippen molar-refractivity contribution in [2.45, 2.75) is 51.0 Å². The van der Waals surface area contributed by atoms with Crippen molar-refractivity contribution in [3.05, 3.63) is 75.5 Å². The van der Waals surface area contributed by atoms with Gasteiger partial charge in [0.05, 0.1) is 29.2 Å². The van der Waals surface area contributed by atoms with Gasteiger partial charge >= 0.3 is 5.97 Å². The highest BCUT2D eigenvalue weighted by atomic mass is 35.5. The van der Waals surface area contributed by atoms with Crippen molar-refractivity contribution in [3.8, 4) is 5.88 Å². The molecule has 12 heteroatoms. The summed E-state index contributed by atoms with van der Waals surface area (Å²) in [5.74, 6) is 1.03. The van der Waals surface area contributed by atoms with Crippen LogP contribution < -0.4 is 4.74 Å². The Bertz CT molecular complexity index is 1530. The number of rotatable bonds is 9. The summed E-state index contributed by atoms with van der Waals surface area (Å²) in [4.78, 5) is 32.0. The van der Waals surface area contributed by atoms with Crippen LogP contribution in [-0.2, 0) is 24.2 Å². The lowest BCUT2D eigenvalue weighted by Gasteiger charge is -2.32. The number of aromatic carboxylic acids is 1. The van der Waals surface area contributed by atoms with Crippen LogP contribution >= 0.6 is 23.2 Å². The van der Waals surface area contributed by atoms with Crippen molar-refractivity contribution in [2.75, 3.05) is 19.7 Å². The van der Waals surface area contributed by atoms with Crippen molar-refractivity contribution in [1.29, 1.82) is 0 Å². The molecule has 2 fully saturated rings. The minimum Gasteiger partial charge on any atom is -0.477 e. The van der Waals surface area contributed by atoms with Gasteiger partial charge in [-0.1, -0.05) is 29.3 Å². The Kier molecular flexibility index (Phi) is 7.84. The number of hydrogen-bond acceptors (Lipinski definition) is 8. The molecule has 40 heavy (non-hydrogen) atoms. The van der Waals surface area contributed by atoms with E-state index in [0.717, 1.165) is 50.3 Å². The molecule has 2 saturated heterocycles. The third-order valence-electron chi connectivity index (χ3n) is 7.28. The Morgan fingerprint density at radius 3 is 2.60 bits per heavy atom. The molecular formula is C28H28Cl2N6O4. The van der Waals surface area contributed by atoms with Crippen LogP contribution in [0.1, 0.15) is 47.0 Å². The zero-order chi connectivity index (χ0) is 27.6. The molecule has 1 N–H and O–H groups in total. The lowest BCUT2D eigenvalue weighted by molar-refractivity contribution is -0.0593. The van der Waals surface area contributed by atoms with Crippen molar-refractivity contribution < 1.29 is 19.4 Å². The number of carboxylic acid groups (broad SMARTS) is 1. The number of piperidine rings is 1. The maximum Gasteiger partial charge on any atom is 0.354 e. The van der Waals surface area contributed by atoms with Crippen LogP contribution in [0, 0.1) is 0 Å². The Labute approximate surface area is 240 Å². The first kappa shape index (κ1) is 26.9. The van der Waals surface area contributed by atoms with Crippen LogP contribution in [0.5, 0.6) is 5.88 Å². The molecule has 0 aliphatic carbocycles. The second-order valence-corrected chi connectivity index (χ2v) is 10.9. The molecule has 3 aromatic heterocycles. The number of imidazole rings is 1. The van der Waals surface area contributed by atoms with Crippen LogP contribution in [0.3, 0.4) is 0 Å². The van der Waals surface area contributed by atoms with E-state index in [0.29, 0.717) is 52.4 Å². The number of hydrogen-bond donors (Lipinski definition) is 1. The number of carbonyl (C=O) groups is 1. The smallest absolute Gasteiger partial charge is 0.354 e.